The van der Waals surface area contributed by atoms with Crippen LogP contribution in [-0.4, -0.2) is 26.3 Å². The van der Waals surface area contributed by atoms with Crippen LogP contribution in [0, 0.1) is 0 Å². The summed E-state index contributed by atoms with van der Waals surface area (Å²) in [6.07, 6.45) is 4.60. The average Bonchev–Trinajstić information content (AvgIpc) is 2.09. The zero-order valence-corrected chi connectivity index (χ0v) is 9.57. The fraction of sp³-hybridized carbons (Fsp3) is 1.00. The van der Waals surface area contributed by atoms with Crippen molar-refractivity contribution in [3.05, 3.63) is 0 Å². The number of nitrogens with two attached hydrogens (primary N) is 1. The van der Waals surface area contributed by atoms with Crippen molar-refractivity contribution in [2.45, 2.75) is 44.6 Å². The van der Waals surface area contributed by atoms with Crippen molar-refractivity contribution in [1.29, 1.82) is 0 Å². The van der Waals surface area contributed by atoms with Crippen LogP contribution < -0.4 is 10.5 Å². The molecular weight excluding hydrogens is 200 g/mol. The first-order valence-electron chi connectivity index (χ1n) is 5.24. The molecule has 84 valence electrons. The minimum Gasteiger partial charge on any atom is -0.324 e. The van der Waals surface area contributed by atoms with Crippen molar-refractivity contribution in [3.63, 3.8) is 0 Å². The highest BCUT2D eigenvalue weighted by atomic mass is 32.2. The van der Waals surface area contributed by atoms with Gasteiger partial charge in [-0.1, -0.05) is 13.3 Å². The number of hydrogen-bond donors (Lipinski definition) is 2. The van der Waals surface area contributed by atoms with Crippen LogP contribution in [0.15, 0.2) is 0 Å². The molecule has 0 heterocycles. The fourth-order valence-corrected chi connectivity index (χ4v) is 2.79. The number of rotatable bonds is 6. The second kappa shape index (κ2) is 4.59. The molecule has 1 rings (SSSR count). The zero-order chi connectivity index (χ0) is 10.7. The molecule has 4 nitrogen and oxygen atoms in total. The van der Waals surface area contributed by atoms with E-state index in [-0.39, 0.29) is 11.3 Å². The lowest BCUT2D eigenvalue weighted by molar-refractivity contribution is 0.251. The average molecular weight is 220 g/mol. The van der Waals surface area contributed by atoms with E-state index in [1.165, 1.54) is 0 Å². The first-order valence-corrected chi connectivity index (χ1v) is 6.89. The Labute approximate surface area is 86.3 Å². The van der Waals surface area contributed by atoms with E-state index in [9.17, 15) is 8.42 Å². The Morgan fingerprint density at radius 3 is 2.50 bits per heavy atom. The van der Waals surface area contributed by atoms with Crippen LogP contribution in [0.5, 0.6) is 0 Å². The van der Waals surface area contributed by atoms with Crippen molar-refractivity contribution >= 4 is 10.0 Å². The quantitative estimate of drug-likeness (QED) is 0.688. The normalized spacial score (nSPS) is 20.4. The predicted octanol–water partition coefficient (Wildman–Crippen LogP) is 0.587. The number of hydrogen-bond acceptors (Lipinski definition) is 3. The van der Waals surface area contributed by atoms with Crippen LogP contribution in [0.25, 0.3) is 0 Å². The molecule has 0 aromatic carbocycles. The van der Waals surface area contributed by atoms with Gasteiger partial charge < -0.3 is 5.73 Å². The van der Waals surface area contributed by atoms with Crippen LogP contribution in [-0.2, 0) is 10.0 Å². The summed E-state index contributed by atoms with van der Waals surface area (Å²) in [6.45, 7) is 2.38. The topological polar surface area (TPSA) is 72.2 Å². The fourth-order valence-electron chi connectivity index (χ4n) is 1.47. The third-order valence-corrected chi connectivity index (χ3v) is 4.17. The molecule has 14 heavy (non-hydrogen) atoms. The lowest BCUT2D eigenvalue weighted by atomic mass is 9.78. The minimum atomic E-state index is -3.08. The highest BCUT2D eigenvalue weighted by molar-refractivity contribution is 7.89. The van der Waals surface area contributed by atoms with Gasteiger partial charge in [-0.15, -0.1) is 0 Å². The molecule has 0 saturated heterocycles. The Hall–Kier alpha value is -0.130. The van der Waals surface area contributed by atoms with Crippen LogP contribution in [0.1, 0.15) is 39.0 Å². The molecule has 0 spiro atoms. The summed E-state index contributed by atoms with van der Waals surface area (Å²) >= 11 is 0. The van der Waals surface area contributed by atoms with Gasteiger partial charge in [0, 0.05) is 12.1 Å². The molecule has 3 N–H and O–H groups in total. The molecule has 0 amide bonds. The van der Waals surface area contributed by atoms with E-state index in [4.69, 9.17) is 5.73 Å². The Morgan fingerprint density at radius 2 is 2.07 bits per heavy atom. The summed E-state index contributed by atoms with van der Waals surface area (Å²) in [5, 5.41) is 0. The summed E-state index contributed by atoms with van der Waals surface area (Å²) in [5.74, 6) is 0.222. The van der Waals surface area contributed by atoms with E-state index in [0.29, 0.717) is 13.0 Å². The lowest BCUT2D eigenvalue weighted by Crippen LogP contribution is -2.55. The standard InChI is InChI=1S/C9H20N2O2S/c1-2-3-7-14(12,13)11-8-9(10)5-4-6-9/h11H,2-8,10H2,1H3. The van der Waals surface area contributed by atoms with Gasteiger partial charge in [0.2, 0.25) is 10.0 Å². The Bertz CT molecular complexity index is 271. The van der Waals surface area contributed by atoms with E-state index in [2.05, 4.69) is 4.72 Å². The molecule has 0 bridgehead atoms. The molecule has 1 saturated carbocycles. The summed E-state index contributed by atoms with van der Waals surface area (Å²) in [4.78, 5) is 0. The maximum absolute atomic E-state index is 11.4. The van der Waals surface area contributed by atoms with Gasteiger partial charge in [-0.05, 0) is 25.7 Å². The van der Waals surface area contributed by atoms with Crippen molar-refractivity contribution in [2.75, 3.05) is 12.3 Å². The SMILES string of the molecule is CCCCS(=O)(=O)NCC1(N)CCC1. The van der Waals surface area contributed by atoms with E-state index in [1.807, 2.05) is 6.92 Å². The van der Waals surface area contributed by atoms with Crippen molar-refractivity contribution in [1.82, 2.24) is 4.72 Å². The van der Waals surface area contributed by atoms with E-state index in [0.717, 1.165) is 25.7 Å². The van der Waals surface area contributed by atoms with Gasteiger partial charge in [0.05, 0.1) is 5.75 Å². The molecule has 0 unspecified atom stereocenters. The third kappa shape index (κ3) is 3.55. The molecule has 1 aliphatic carbocycles. The van der Waals surface area contributed by atoms with Gasteiger partial charge in [-0.25, -0.2) is 13.1 Å². The number of sulfonamides is 1. The molecule has 0 aromatic rings. The monoisotopic (exact) mass is 220 g/mol. The second-order valence-electron chi connectivity index (χ2n) is 4.21. The van der Waals surface area contributed by atoms with E-state index < -0.39 is 10.0 Å². The van der Waals surface area contributed by atoms with Crippen LogP contribution >= 0.6 is 0 Å². The first kappa shape index (κ1) is 11.9. The molecule has 5 heteroatoms. The summed E-state index contributed by atoms with van der Waals surface area (Å²) in [6, 6.07) is 0. The van der Waals surface area contributed by atoms with Crippen LogP contribution in [0.4, 0.5) is 0 Å². The zero-order valence-electron chi connectivity index (χ0n) is 8.75. The Balaban J connectivity index is 2.28. The Kier molecular flexibility index (Phi) is 3.92. The molecule has 0 aromatic heterocycles. The molecule has 1 aliphatic rings. The lowest BCUT2D eigenvalue weighted by Gasteiger charge is -2.38. The number of unbranched alkanes of at least 4 members (excludes halogenated alkanes) is 1. The number of nitrogens with one attached hydrogen (secondary N) is 1. The van der Waals surface area contributed by atoms with Crippen molar-refractivity contribution in [2.24, 2.45) is 5.73 Å². The van der Waals surface area contributed by atoms with Gasteiger partial charge in [-0.3, -0.25) is 0 Å². The minimum absolute atomic E-state index is 0.222. The first-order chi connectivity index (χ1) is 6.47. The molecule has 0 atom stereocenters. The van der Waals surface area contributed by atoms with E-state index in [1.54, 1.807) is 0 Å². The second-order valence-corrected chi connectivity index (χ2v) is 6.14. The van der Waals surface area contributed by atoms with E-state index >= 15 is 0 Å². The maximum Gasteiger partial charge on any atom is 0.211 e. The van der Waals surface area contributed by atoms with Crippen molar-refractivity contribution in [3.8, 4) is 0 Å². The van der Waals surface area contributed by atoms with Crippen LogP contribution in [0.2, 0.25) is 0 Å². The third-order valence-electron chi connectivity index (χ3n) is 2.76. The highest BCUT2D eigenvalue weighted by Gasteiger charge is 2.33. The Morgan fingerprint density at radius 1 is 1.43 bits per heavy atom. The van der Waals surface area contributed by atoms with Gasteiger partial charge in [-0.2, -0.15) is 0 Å². The van der Waals surface area contributed by atoms with Gasteiger partial charge in [0.1, 0.15) is 0 Å². The highest BCUT2D eigenvalue weighted by Crippen LogP contribution is 2.28. The molecule has 0 radical (unpaired) electrons. The maximum atomic E-state index is 11.4. The summed E-state index contributed by atoms with van der Waals surface area (Å²) in [7, 11) is -3.08. The largest absolute Gasteiger partial charge is 0.324 e. The molecule has 0 aliphatic heterocycles. The van der Waals surface area contributed by atoms with Gasteiger partial charge in [0.25, 0.3) is 0 Å². The van der Waals surface area contributed by atoms with Crippen molar-refractivity contribution < 1.29 is 8.42 Å². The molecule has 1 fully saturated rings. The predicted molar refractivity (Wildman–Crippen MR) is 57.5 cm³/mol. The molecular formula is C9H20N2O2S. The van der Waals surface area contributed by atoms with Gasteiger partial charge >= 0.3 is 0 Å². The summed E-state index contributed by atoms with van der Waals surface area (Å²) < 4.78 is 25.4. The van der Waals surface area contributed by atoms with Crippen LogP contribution in [0.3, 0.4) is 0 Å². The summed E-state index contributed by atoms with van der Waals surface area (Å²) in [5.41, 5.74) is 5.65. The van der Waals surface area contributed by atoms with Gasteiger partial charge in [0.15, 0.2) is 0 Å². The smallest absolute Gasteiger partial charge is 0.211 e.